The molecule has 2 nitrogen and oxygen atoms in total. The molecule has 0 bridgehead atoms. The first-order valence-corrected chi connectivity index (χ1v) is 3.90. The Labute approximate surface area is 107 Å². The van der Waals surface area contributed by atoms with Gasteiger partial charge in [0.2, 0.25) is 0 Å². The van der Waals surface area contributed by atoms with Gasteiger partial charge in [0, 0.05) is 6.42 Å². The van der Waals surface area contributed by atoms with E-state index in [0.29, 0.717) is 0 Å². The minimum Gasteiger partial charge on any atom is -0.481 e. The first-order valence-electron chi connectivity index (χ1n) is 3.90. The van der Waals surface area contributed by atoms with Crippen LogP contribution in [0.3, 0.4) is 0 Å². The average Bonchev–Trinajstić information content (AvgIpc) is 1.91. The summed E-state index contributed by atoms with van der Waals surface area (Å²) in [5.41, 5.74) is 0. The van der Waals surface area contributed by atoms with Crippen molar-refractivity contribution in [1.29, 1.82) is 0 Å². The molecule has 3 heteroatoms. The second-order valence-corrected chi connectivity index (χ2v) is 1.75. The van der Waals surface area contributed by atoms with Crippen molar-refractivity contribution in [3.05, 3.63) is 13.8 Å². The Morgan fingerprint density at radius 3 is 1.25 bits per heavy atom. The van der Waals surface area contributed by atoms with E-state index in [1.165, 1.54) is 0 Å². The zero-order valence-corrected chi connectivity index (χ0v) is 10.8. The summed E-state index contributed by atoms with van der Waals surface area (Å²) >= 11 is 0. The molecule has 0 aliphatic heterocycles. The Morgan fingerprint density at radius 2 is 1.25 bits per heavy atom. The van der Waals surface area contributed by atoms with Crippen molar-refractivity contribution in [3.8, 4) is 0 Å². The average molecular weight is 200 g/mol. The smallest absolute Gasteiger partial charge is 0.481 e. The second kappa shape index (κ2) is 29.8. The van der Waals surface area contributed by atoms with Crippen LogP contribution in [0.1, 0.15) is 40.0 Å². The van der Waals surface area contributed by atoms with Crippen LogP contribution in [0.15, 0.2) is 0 Å². The van der Waals surface area contributed by atoms with Gasteiger partial charge in [-0.05, 0) is 0 Å². The van der Waals surface area contributed by atoms with E-state index in [1.807, 2.05) is 13.8 Å². The van der Waals surface area contributed by atoms with Crippen molar-refractivity contribution >= 4 is 43.7 Å². The van der Waals surface area contributed by atoms with Crippen LogP contribution in [0.4, 0.5) is 0 Å². The van der Waals surface area contributed by atoms with Gasteiger partial charge in [0.15, 0.2) is 0 Å². The molecular weight excluding hydrogens is 180 g/mol. The van der Waals surface area contributed by atoms with Gasteiger partial charge in [-0.2, -0.15) is 12.8 Å². The molecule has 0 rings (SSSR count). The summed E-state index contributed by atoms with van der Waals surface area (Å²) in [6, 6.07) is 0. The van der Waals surface area contributed by atoms with Crippen molar-refractivity contribution in [2.24, 2.45) is 0 Å². The van der Waals surface area contributed by atoms with Gasteiger partial charge >= 0.3 is 43.7 Å². The molecule has 0 saturated heterocycles. The molecule has 0 aromatic carbocycles. The van der Waals surface area contributed by atoms with Gasteiger partial charge in [0.25, 0.3) is 0 Å². The van der Waals surface area contributed by atoms with E-state index < -0.39 is 5.97 Å². The molecule has 0 aromatic rings. The van der Waals surface area contributed by atoms with Gasteiger partial charge in [0.1, 0.15) is 0 Å². The van der Waals surface area contributed by atoms with Crippen molar-refractivity contribution in [1.82, 2.24) is 0 Å². The Hall–Kier alpha value is 0.730. The topological polar surface area (TPSA) is 37.3 Å². The monoisotopic (exact) mass is 200 g/mol. The van der Waals surface area contributed by atoms with Gasteiger partial charge in [-0.3, -0.25) is 4.79 Å². The molecule has 0 spiro atoms. The van der Waals surface area contributed by atoms with E-state index in [4.69, 9.17) is 5.11 Å². The van der Waals surface area contributed by atoms with Crippen LogP contribution in [0.2, 0.25) is 0 Å². The fourth-order valence-corrected chi connectivity index (χ4v) is 0. The fraction of sp³-hybridized carbons (Fsp3) is 0.667. The van der Waals surface area contributed by atoms with Gasteiger partial charge < -0.3 is 19.0 Å². The van der Waals surface area contributed by atoms with Crippen molar-refractivity contribution < 1.29 is 9.90 Å². The molecule has 0 aromatic heterocycles. The van der Waals surface area contributed by atoms with Crippen LogP contribution >= 0.6 is 0 Å². The summed E-state index contributed by atoms with van der Waals surface area (Å²) in [6.45, 7) is 12.6. The first kappa shape index (κ1) is 23.0. The SMILES string of the molecule is CCC(=O)O.[CH2-]CC.[CH2-]CC.[Ca+2]. The number of carbonyl (C=O) groups is 1. The summed E-state index contributed by atoms with van der Waals surface area (Å²) in [7, 11) is 0. The third kappa shape index (κ3) is 136. The molecule has 0 saturated carbocycles. The largest absolute Gasteiger partial charge is 2.00 e. The summed E-state index contributed by atoms with van der Waals surface area (Å²) in [4.78, 5) is 9.37. The molecule has 0 heterocycles. The molecule has 1 N–H and O–H groups in total. The van der Waals surface area contributed by atoms with E-state index in [9.17, 15) is 4.79 Å². The Kier molecular flexibility index (Phi) is 57.1. The van der Waals surface area contributed by atoms with Crippen molar-refractivity contribution in [3.63, 3.8) is 0 Å². The predicted molar refractivity (Wildman–Crippen MR) is 55.0 cm³/mol. The number of hydrogen-bond donors (Lipinski definition) is 1. The quantitative estimate of drug-likeness (QED) is 0.522. The number of carboxylic acid groups (broad SMARTS) is 1. The standard InChI is InChI=1S/C3H6O2.2C3H7.Ca/c1-2-3(4)5;2*1-3-2;/h2H2,1H3,(H,4,5);2*1,3H2,2H3;/q;2*-1;+2. The minimum atomic E-state index is -0.745. The molecule has 0 amide bonds. The van der Waals surface area contributed by atoms with Crippen LogP contribution in [-0.2, 0) is 4.79 Å². The minimum absolute atomic E-state index is 0. The molecule has 12 heavy (non-hydrogen) atoms. The van der Waals surface area contributed by atoms with Crippen LogP contribution in [0.5, 0.6) is 0 Å². The zero-order chi connectivity index (χ0) is 9.70. The Balaban J connectivity index is -0.0000000406. The molecular formula is C9H20CaO2. The summed E-state index contributed by atoms with van der Waals surface area (Å²) < 4.78 is 0. The van der Waals surface area contributed by atoms with E-state index >= 15 is 0 Å². The normalized spacial score (nSPS) is 6.08. The Morgan fingerprint density at radius 1 is 1.17 bits per heavy atom. The van der Waals surface area contributed by atoms with Gasteiger partial charge in [-0.25, -0.2) is 0 Å². The molecule has 70 valence electrons. The molecule has 0 fully saturated rings. The van der Waals surface area contributed by atoms with E-state index in [1.54, 1.807) is 6.92 Å². The molecule has 0 aliphatic rings. The van der Waals surface area contributed by atoms with E-state index in [2.05, 4.69) is 13.8 Å². The summed E-state index contributed by atoms with van der Waals surface area (Å²) in [6.07, 6.45) is 2.22. The van der Waals surface area contributed by atoms with E-state index in [0.717, 1.165) is 12.8 Å². The number of hydrogen-bond acceptors (Lipinski definition) is 1. The molecule has 0 atom stereocenters. The third-order valence-electron chi connectivity index (χ3n) is 0.302. The number of carboxylic acids is 1. The molecule has 0 unspecified atom stereocenters. The van der Waals surface area contributed by atoms with Crippen molar-refractivity contribution in [2.45, 2.75) is 40.0 Å². The second-order valence-electron chi connectivity index (χ2n) is 1.75. The van der Waals surface area contributed by atoms with Gasteiger partial charge in [-0.15, -0.1) is 0 Å². The maximum Gasteiger partial charge on any atom is 2.00 e. The van der Waals surface area contributed by atoms with Crippen LogP contribution in [0.25, 0.3) is 0 Å². The predicted octanol–water partition coefficient (Wildman–Crippen LogP) is 2.56. The number of rotatable bonds is 1. The maximum atomic E-state index is 9.37. The van der Waals surface area contributed by atoms with Crippen molar-refractivity contribution in [2.75, 3.05) is 0 Å². The van der Waals surface area contributed by atoms with Gasteiger partial charge in [-0.1, -0.05) is 20.8 Å². The Bertz CT molecular complexity index is 63.5. The van der Waals surface area contributed by atoms with E-state index in [-0.39, 0.29) is 44.2 Å². The third-order valence-corrected chi connectivity index (χ3v) is 0.302. The number of aliphatic carboxylic acids is 1. The zero-order valence-electron chi connectivity index (χ0n) is 8.60. The van der Waals surface area contributed by atoms with Crippen LogP contribution in [-0.4, -0.2) is 48.8 Å². The van der Waals surface area contributed by atoms with Gasteiger partial charge in [0.05, 0.1) is 0 Å². The van der Waals surface area contributed by atoms with Crippen LogP contribution < -0.4 is 0 Å². The van der Waals surface area contributed by atoms with Crippen LogP contribution in [0, 0.1) is 13.8 Å². The summed E-state index contributed by atoms with van der Waals surface area (Å²) in [5.74, 6) is -0.745. The molecule has 0 radical (unpaired) electrons. The fourth-order valence-electron chi connectivity index (χ4n) is 0. The maximum absolute atomic E-state index is 9.37. The summed E-state index contributed by atoms with van der Waals surface area (Å²) in [5, 5.41) is 7.72. The molecule has 0 aliphatic carbocycles. The first-order chi connectivity index (χ1) is 5.10.